The van der Waals surface area contributed by atoms with E-state index in [-0.39, 0.29) is 23.9 Å². The van der Waals surface area contributed by atoms with Crippen LogP contribution in [-0.2, 0) is 16.0 Å². The smallest absolute Gasteiger partial charge is 0.317 e. The number of aromatic nitrogens is 2. The molecule has 0 saturated carbocycles. The van der Waals surface area contributed by atoms with Gasteiger partial charge in [0.2, 0.25) is 17.6 Å². The Morgan fingerprint density at radius 1 is 1.22 bits per heavy atom. The molecule has 2 aliphatic heterocycles. The first-order chi connectivity index (χ1) is 15.7. The molecular formula is C23H31N5O4. The summed E-state index contributed by atoms with van der Waals surface area (Å²) < 4.78 is 11.1. The predicted molar refractivity (Wildman–Crippen MR) is 118 cm³/mol. The van der Waals surface area contributed by atoms with Crippen LogP contribution in [0.15, 0.2) is 34.9 Å². The van der Waals surface area contributed by atoms with Crippen molar-refractivity contribution < 1.29 is 18.8 Å². The molecule has 4 rings (SSSR count). The van der Waals surface area contributed by atoms with Crippen molar-refractivity contribution in [1.82, 2.24) is 25.3 Å². The lowest BCUT2D eigenvalue weighted by atomic mass is 9.91. The summed E-state index contributed by atoms with van der Waals surface area (Å²) in [4.78, 5) is 33.7. The Kier molecular flexibility index (Phi) is 7.36. The summed E-state index contributed by atoms with van der Waals surface area (Å²) in [6, 6.07) is 9.69. The van der Waals surface area contributed by atoms with E-state index in [0.29, 0.717) is 63.9 Å². The first-order valence-electron chi connectivity index (χ1n) is 11.4. The zero-order valence-corrected chi connectivity index (χ0v) is 18.5. The van der Waals surface area contributed by atoms with Gasteiger partial charge in [0.1, 0.15) is 0 Å². The number of benzene rings is 1. The topological polar surface area (TPSA) is 101 Å². The molecule has 1 N–H and O–H groups in total. The molecule has 2 fully saturated rings. The lowest BCUT2D eigenvalue weighted by Crippen LogP contribution is -2.56. The lowest BCUT2D eigenvalue weighted by Gasteiger charge is -2.42. The molecule has 9 heteroatoms. The number of nitrogens with one attached hydrogen (secondary N) is 1. The predicted octanol–water partition coefficient (Wildman–Crippen LogP) is 2.34. The highest BCUT2D eigenvalue weighted by Crippen LogP contribution is 2.26. The van der Waals surface area contributed by atoms with Crippen LogP contribution in [0.1, 0.15) is 32.1 Å². The highest BCUT2D eigenvalue weighted by atomic mass is 16.5. The average molecular weight is 442 g/mol. The highest BCUT2D eigenvalue weighted by molar-refractivity contribution is 5.77. The minimum Gasteiger partial charge on any atom is -0.379 e. The van der Waals surface area contributed by atoms with Crippen LogP contribution in [0.2, 0.25) is 0 Å². The van der Waals surface area contributed by atoms with Crippen LogP contribution in [0, 0.1) is 5.92 Å². The van der Waals surface area contributed by atoms with Gasteiger partial charge >= 0.3 is 6.03 Å². The minimum atomic E-state index is -0.0299. The van der Waals surface area contributed by atoms with Crippen LogP contribution in [0.3, 0.4) is 0 Å². The van der Waals surface area contributed by atoms with Crippen LogP contribution >= 0.6 is 0 Å². The first kappa shape index (κ1) is 22.3. The number of urea groups is 1. The number of aryl methyl sites for hydroxylation is 1. The Bertz CT molecular complexity index is 903. The van der Waals surface area contributed by atoms with Gasteiger partial charge in [-0.05, 0) is 12.8 Å². The van der Waals surface area contributed by atoms with E-state index < -0.39 is 0 Å². The third kappa shape index (κ3) is 5.27. The molecule has 0 unspecified atom stereocenters. The molecule has 2 aromatic rings. The number of carbonyl (C=O) groups is 2. The lowest BCUT2D eigenvalue weighted by molar-refractivity contribution is -0.134. The van der Waals surface area contributed by atoms with Crippen LogP contribution in [0.4, 0.5) is 4.79 Å². The average Bonchev–Trinajstić information content (AvgIpc) is 3.20. The van der Waals surface area contributed by atoms with Crippen molar-refractivity contribution in [2.75, 3.05) is 39.4 Å². The van der Waals surface area contributed by atoms with Crippen molar-refractivity contribution in [3.05, 3.63) is 36.2 Å². The number of amides is 3. The molecule has 32 heavy (non-hydrogen) atoms. The maximum absolute atomic E-state index is 12.9. The molecule has 2 aliphatic rings. The molecule has 0 spiro atoms. The summed E-state index contributed by atoms with van der Waals surface area (Å²) in [6.45, 7) is 5.62. The second-order valence-electron chi connectivity index (χ2n) is 8.33. The van der Waals surface area contributed by atoms with E-state index >= 15 is 0 Å². The number of hydrogen-bond acceptors (Lipinski definition) is 6. The molecule has 172 valence electrons. The number of hydrogen-bond donors (Lipinski definition) is 1. The Labute approximate surface area is 188 Å². The van der Waals surface area contributed by atoms with Gasteiger partial charge in [-0.3, -0.25) is 4.79 Å². The molecule has 3 heterocycles. The number of rotatable bonds is 6. The van der Waals surface area contributed by atoms with Gasteiger partial charge in [-0.25, -0.2) is 4.79 Å². The molecule has 0 aliphatic carbocycles. The van der Waals surface area contributed by atoms with E-state index in [2.05, 4.69) is 15.5 Å². The molecule has 1 aromatic heterocycles. The van der Waals surface area contributed by atoms with Crippen molar-refractivity contribution in [3.63, 3.8) is 0 Å². The first-order valence-corrected chi connectivity index (χ1v) is 11.4. The van der Waals surface area contributed by atoms with Crippen molar-refractivity contribution in [1.29, 1.82) is 0 Å². The van der Waals surface area contributed by atoms with Gasteiger partial charge < -0.3 is 24.4 Å². The van der Waals surface area contributed by atoms with Gasteiger partial charge in [-0.15, -0.1) is 0 Å². The number of piperidine rings is 1. The summed E-state index contributed by atoms with van der Waals surface area (Å²) in [7, 11) is 0. The summed E-state index contributed by atoms with van der Waals surface area (Å²) in [5.74, 6) is 1.18. The van der Waals surface area contributed by atoms with Gasteiger partial charge in [0.25, 0.3) is 0 Å². The molecule has 0 radical (unpaired) electrons. The van der Waals surface area contributed by atoms with Crippen molar-refractivity contribution in [2.45, 2.75) is 38.6 Å². The van der Waals surface area contributed by atoms with Crippen LogP contribution < -0.4 is 5.32 Å². The minimum absolute atomic E-state index is 0.0299. The van der Waals surface area contributed by atoms with Gasteiger partial charge in [0.05, 0.1) is 13.2 Å². The fourth-order valence-corrected chi connectivity index (χ4v) is 4.40. The van der Waals surface area contributed by atoms with Crippen LogP contribution in [0.25, 0.3) is 11.4 Å². The number of ether oxygens (including phenoxy) is 1. The van der Waals surface area contributed by atoms with E-state index in [9.17, 15) is 9.59 Å². The van der Waals surface area contributed by atoms with Gasteiger partial charge in [0.15, 0.2) is 0 Å². The standard InChI is InChI=1S/C23H31N5O4/c1-2-11-24-23(30)28-13-14-31-16-18-15-27(12-10-19(18)28)21(29)9-8-20-25-22(26-32-20)17-6-4-3-5-7-17/h3-7,18-19H,2,8-16H2,1H3,(H,24,30)/t18-,19-/m1/s1. The van der Waals surface area contributed by atoms with E-state index in [1.54, 1.807) is 0 Å². The second kappa shape index (κ2) is 10.6. The second-order valence-corrected chi connectivity index (χ2v) is 8.33. The summed E-state index contributed by atoms with van der Waals surface area (Å²) >= 11 is 0. The number of likely N-dealkylation sites (tertiary alicyclic amines) is 1. The monoisotopic (exact) mass is 441 g/mol. The molecule has 0 bridgehead atoms. The molecular weight excluding hydrogens is 410 g/mol. The van der Waals surface area contributed by atoms with Crippen molar-refractivity contribution >= 4 is 11.9 Å². The molecule has 2 atom stereocenters. The Morgan fingerprint density at radius 3 is 2.88 bits per heavy atom. The number of nitrogens with zero attached hydrogens (tertiary/aromatic N) is 4. The fraction of sp³-hybridized carbons (Fsp3) is 0.565. The zero-order chi connectivity index (χ0) is 22.3. The Balaban J connectivity index is 1.31. The normalized spacial score (nSPS) is 21.0. The molecule has 1 aromatic carbocycles. The Hall–Kier alpha value is -2.94. The summed E-state index contributed by atoms with van der Waals surface area (Å²) in [5.41, 5.74) is 0.886. The van der Waals surface area contributed by atoms with Gasteiger partial charge in [-0.2, -0.15) is 4.98 Å². The van der Waals surface area contributed by atoms with E-state index in [1.165, 1.54) is 0 Å². The zero-order valence-electron chi connectivity index (χ0n) is 18.5. The molecule has 3 amide bonds. The van der Waals surface area contributed by atoms with E-state index in [4.69, 9.17) is 9.26 Å². The largest absolute Gasteiger partial charge is 0.379 e. The molecule has 9 nitrogen and oxygen atoms in total. The summed E-state index contributed by atoms with van der Waals surface area (Å²) in [6.07, 6.45) is 2.39. The fourth-order valence-electron chi connectivity index (χ4n) is 4.40. The molecule has 2 saturated heterocycles. The maximum atomic E-state index is 12.9. The third-order valence-corrected chi connectivity index (χ3v) is 6.10. The third-order valence-electron chi connectivity index (χ3n) is 6.10. The number of carbonyl (C=O) groups excluding carboxylic acids is 2. The van der Waals surface area contributed by atoms with E-state index in [0.717, 1.165) is 18.4 Å². The van der Waals surface area contributed by atoms with Gasteiger partial charge in [-0.1, -0.05) is 42.4 Å². The van der Waals surface area contributed by atoms with Crippen LogP contribution in [-0.4, -0.2) is 77.3 Å². The highest BCUT2D eigenvalue weighted by Gasteiger charge is 2.38. The van der Waals surface area contributed by atoms with Crippen molar-refractivity contribution in [2.24, 2.45) is 5.92 Å². The SMILES string of the molecule is CCCNC(=O)N1CCOC[C@H]2CN(C(=O)CCc3nc(-c4ccccc4)no3)CC[C@H]21. The van der Waals surface area contributed by atoms with Crippen LogP contribution in [0.5, 0.6) is 0 Å². The van der Waals surface area contributed by atoms with Gasteiger partial charge in [0, 0.05) is 56.5 Å². The quantitative estimate of drug-likeness (QED) is 0.739. The van der Waals surface area contributed by atoms with E-state index in [1.807, 2.05) is 47.1 Å². The number of fused-ring (bicyclic) bond motifs is 1. The van der Waals surface area contributed by atoms with Crippen molar-refractivity contribution in [3.8, 4) is 11.4 Å². The Morgan fingerprint density at radius 2 is 2.06 bits per heavy atom. The summed E-state index contributed by atoms with van der Waals surface area (Å²) in [5, 5.41) is 6.99. The maximum Gasteiger partial charge on any atom is 0.317 e.